The summed E-state index contributed by atoms with van der Waals surface area (Å²) >= 11 is 0. The lowest BCUT2D eigenvalue weighted by Crippen LogP contribution is -2.40. The molecule has 1 N–H and O–H groups in total. The Balaban J connectivity index is 1.36. The number of ether oxygens (including phenoxy) is 1. The lowest BCUT2D eigenvalue weighted by atomic mass is 9.84. The van der Waals surface area contributed by atoms with Gasteiger partial charge in [-0.15, -0.1) is 0 Å². The van der Waals surface area contributed by atoms with Crippen molar-refractivity contribution in [1.29, 1.82) is 0 Å². The van der Waals surface area contributed by atoms with E-state index in [0.717, 1.165) is 12.8 Å². The van der Waals surface area contributed by atoms with Crippen LogP contribution in [-0.2, 0) is 9.53 Å². The molecule has 1 fully saturated rings. The van der Waals surface area contributed by atoms with Gasteiger partial charge in [-0.3, -0.25) is 4.79 Å². The van der Waals surface area contributed by atoms with E-state index >= 15 is 0 Å². The first-order valence-corrected chi connectivity index (χ1v) is 10.4. The van der Waals surface area contributed by atoms with E-state index in [4.69, 9.17) is 9.84 Å². The number of carbonyl (C=O) groups is 2. The van der Waals surface area contributed by atoms with Crippen molar-refractivity contribution < 1.29 is 19.4 Å². The minimum atomic E-state index is -0.753. The highest BCUT2D eigenvalue weighted by atomic mass is 16.6. The Bertz CT molecular complexity index is 856. The monoisotopic (exact) mass is 393 g/mol. The highest BCUT2D eigenvalue weighted by Gasteiger charge is 2.31. The summed E-state index contributed by atoms with van der Waals surface area (Å²) in [5, 5.41) is 8.98. The van der Waals surface area contributed by atoms with E-state index in [2.05, 4.69) is 24.3 Å². The Kier molecular flexibility index (Phi) is 5.56. The van der Waals surface area contributed by atoms with Crippen molar-refractivity contribution in [2.24, 2.45) is 11.8 Å². The molecule has 0 spiro atoms. The molecular formula is C24H27NO4. The van der Waals surface area contributed by atoms with Gasteiger partial charge in [0.15, 0.2) is 0 Å². The number of hydrogen-bond donors (Lipinski definition) is 1. The smallest absolute Gasteiger partial charge is 0.409 e. The van der Waals surface area contributed by atoms with Crippen LogP contribution in [0.1, 0.15) is 43.2 Å². The Hall–Kier alpha value is -2.82. The summed E-state index contributed by atoms with van der Waals surface area (Å²) in [4.78, 5) is 25.3. The topological polar surface area (TPSA) is 66.8 Å². The van der Waals surface area contributed by atoms with Crippen molar-refractivity contribution in [3.05, 3.63) is 59.7 Å². The Morgan fingerprint density at radius 2 is 1.59 bits per heavy atom. The molecule has 0 bridgehead atoms. The summed E-state index contributed by atoms with van der Waals surface area (Å²) in [6, 6.07) is 16.6. The standard InChI is InChI=1S/C24H27NO4/c1-16(14-23(26)27)17-10-12-25(13-11-17)24(28)29-15-22-20-8-4-2-6-18(20)19-7-3-5-9-21(19)22/h2-9,16-17,22H,10-15H2,1H3,(H,26,27). The van der Waals surface area contributed by atoms with Gasteiger partial charge in [-0.2, -0.15) is 0 Å². The molecule has 5 heteroatoms. The molecule has 2 aromatic carbocycles. The second-order valence-corrected chi connectivity index (χ2v) is 8.20. The third kappa shape index (κ3) is 4.00. The Labute approximate surface area is 171 Å². The quantitative estimate of drug-likeness (QED) is 0.795. The molecule has 1 heterocycles. The number of nitrogens with zero attached hydrogens (tertiary/aromatic N) is 1. The molecule has 1 amide bonds. The summed E-state index contributed by atoms with van der Waals surface area (Å²) in [5.41, 5.74) is 4.86. The predicted octanol–water partition coefficient (Wildman–Crippen LogP) is 4.76. The average Bonchev–Trinajstić information content (AvgIpc) is 3.05. The van der Waals surface area contributed by atoms with Gasteiger partial charge >= 0.3 is 12.1 Å². The van der Waals surface area contributed by atoms with Gasteiger partial charge in [-0.05, 0) is 46.9 Å². The molecule has 2 aliphatic rings. The number of fused-ring (bicyclic) bond motifs is 3. The maximum atomic E-state index is 12.6. The van der Waals surface area contributed by atoms with E-state index in [-0.39, 0.29) is 24.3 Å². The highest BCUT2D eigenvalue weighted by molar-refractivity contribution is 5.79. The van der Waals surface area contributed by atoms with Crippen LogP contribution in [0.25, 0.3) is 11.1 Å². The number of benzene rings is 2. The summed E-state index contributed by atoms with van der Waals surface area (Å²) < 4.78 is 5.73. The second-order valence-electron chi connectivity index (χ2n) is 8.20. The van der Waals surface area contributed by atoms with Crippen LogP contribution in [0.4, 0.5) is 4.79 Å². The zero-order valence-electron chi connectivity index (χ0n) is 16.7. The predicted molar refractivity (Wildman–Crippen MR) is 111 cm³/mol. The van der Waals surface area contributed by atoms with Gasteiger partial charge in [0.2, 0.25) is 0 Å². The number of likely N-dealkylation sites (tertiary alicyclic amines) is 1. The molecule has 1 aliphatic carbocycles. The molecule has 5 nitrogen and oxygen atoms in total. The van der Waals surface area contributed by atoms with Crippen LogP contribution in [-0.4, -0.2) is 41.8 Å². The molecule has 2 aromatic rings. The van der Waals surface area contributed by atoms with Gasteiger partial charge in [0, 0.05) is 25.4 Å². The van der Waals surface area contributed by atoms with Crippen LogP contribution in [0.15, 0.2) is 48.5 Å². The van der Waals surface area contributed by atoms with Crippen LogP contribution in [0, 0.1) is 11.8 Å². The molecule has 0 aromatic heterocycles. The molecular weight excluding hydrogens is 366 g/mol. The average molecular weight is 393 g/mol. The number of amides is 1. The maximum absolute atomic E-state index is 12.6. The van der Waals surface area contributed by atoms with Gasteiger partial charge in [-0.1, -0.05) is 55.5 Å². The third-order valence-electron chi connectivity index (χ3n) is 6.44. The van der Waals surface area contributed by atoms with E-state index in [1.165, 1.54) is 22.3 Å². The van der Waals surface area contributed by atoms with Gasteiger partial charge in [0.1, 0.15) is 6.61 Å². The van der Waals surface area contributed by atoms with Gasteiger partial charge in [0.25, 0.3) is 0 Å². The molecule has 1 saturated heterocycles. The van der Waals surface area contributed by atoms with E-state index in [9.17, 15) is 9.59 Å². The Morgan fingerprint density at radius 3 is 2.14 bits per heavy atom. The zero-order valence-corrected chi connectivity index (χ0v) is 16.7. The van der Waals surface area contributed by atoms with E-state index in [0.29, 0.717) is 25.6 Å². The van der Waals surface area contributed by atoms with Crippen LogP contribution < -0.4 is 0 Å². The van der Waals surface area contributed by atoms with Gasteiger partial charge < -0.3 is 14.7 Å². The van der Waals surface area contributed by atoms with Crippen molar-refractivity contribution in [1.82, 2.24) is 4.90 Å². The first kappa shape index (κ1) is 19.5. The fourth-order valence-corrected chi connectivity index (χ4v) is 4.78. The second kappa shape index (κ2) is 8.27. The van der Waals surface area contributed by atoms with Gasteiger partial charge in [-0.25, -0.2) is 4.79 Å². The Morgan fingerprint density at radius 1 is 1.03 bits per heavy atom. The van der Waals surface area contributed by atoms with Gasteiger partial charge in [0.05, 0.1) is 0 Å². The van der Waals surface area contributed by atoms with Crippen LogP contribution in [0.5, 0.6) is 0 Å². The maximum Gasteiger partial charge on any atom is 0.409 e. The number of carbonyl (C=O) groups excluding carboxylic acids is 1. The normalized spacial score (nSPS) is 17.5. The molecule has 1 atom stereocenters. The number of carboxylic acids is 1. The lowest BCUT2D eigenvalue weighted by molar-refractivity contribution is -0.138. The summed E-state index contributed by atoms with van der Waals surface area (Å²) in [7, 11) is 0. The van der Waals surface area contributed by atoms with E-state index in [1.807, 2.05) is 31.2 Å². The van der Waals surface area contributed by atoms with Crippen molar-refractivity contribution in [3.63, 3.8) is 0 Å². The molecule has 0 radical (unpaired) electrons. The fourth-order valence-electron chi connectivity index (χ4n) is 4.78. The third-order valence-corrected chi connectivity index (χ3v) is 6.44. The molecule has 0 saturated carbocycles. The summed E-state index contributed by atoms with van der Waals surface area (Å²) in [5.74, 6) is -0.197. The number of piperidine rings is 1. The summed E-state index contributed by atoms with van der Waals surface area (Å²) in [6.45, 7) is 3.58. The first-order chi connectivity index (χ1) is 14.0. The number of aliphatic carboxylic acids is 1. The van der Waals surface area contributed by atoms with E-state index < -0.39 is 5.97 Å². The molecule has 1 aliphatic heterocycles. The van der Waals surface area contributed by atoms with Crippen LogP contribution in [0.3, 0.4) is 0 Å². The van der Waals surface area contributed by atoms with Crippen molar-refractivity contribution in [2.45, 2.75) is 32.1 Å². The first-order valence-electron chi connectivity index (χ1n) is 10.4. The minimum absolute atomic E-state index is 0.0690. The SMILES string of the molecule is CC(CC(=O)O)C1CCN(C(=O)OCC2c3ccccc3-c3ccccc32)CC1. The van der Waals surface area contributed by atoms with Crippen LogP contribution in [0.2, 0.25) is 0 Å². The molecule has 4 rings (SSSR count). The number of carboxylic acid groups (broad SMARTS) is 1. The van der Waals surface area contributed by atoms with Crippen molar-refractivity contribution in [3.8, 4) is 11.1 Å². The molecule has 29 heavy (non-hydrogen) atoms. The lowest BCUT2D eigenvalue weighted by Gasteiger charge is -2.34. The zero-order chi connectivity index (χ0) is 20.4. The fraction of sp³-hybridized carbons (Fsp3) is 0.417. The van der Waals surface area contributed by atoms with E-state index in [1.54, 1.807) is 4.90 Å². The van der Waals surface area contributed by atoms with Crippen LogP contribution >= 0.6 is 0 Å². The largest absolute Gasteiger partial charge is 0.481 e. The molecule has 152 valence electrons. The summed E-state index contributed by atoms with van der Waals surface area (Å²) in [6.07, 6.45) is 1.59. The van der Waals surface area contributed by atoms with Crippen molar-refractivity contribution in [2.75, 3.05) is 19.7 Å². The van der Waals surface area contributed by atoms with Crippen molar-refractivity contribution >= 4 is 12.1 Å². The minimum Gasteiger partial charge on any atom is -0.481 e. The number of rotatable bonds is 5. The number of hydrogen-bond acceptors (Lipinski definition) is 3. The molecule has 1 unspecified atom stereocenters. The highest BCUT2D eigenvalue weighted by Crippen LogP contribution is 2.44.